The number of aryl methyl sites for hydroxylation is 1. The van der Waals surface area contributed by atoms with Crippen LogP contribution in [-0.4, -0.2) is 18.5 Å². The molecule has 2 aromatic rings. The van der Waals surface area contributed by atoms with Crippen molar-refractivity contribution in [3.63, 3.8) is 0 Å². The Morgan fingerprint density at radius 1 is 1.06 bits per heavy atom. The molecule has 1 N–H and O–H groups in total. The van der Waals surface area contributed by atoms with Crippen molar-refractivity contribution in [3.05, 3.63) is 40.8 Å². The largest absolute Gasteiger partial charge is 0.462 e. The molecule has 0 saturated heterocycles. The van der Waals surface area contributed by atoms with Gasteiger partial charge in [-0.1, -0.05) is 58.4 Å². The summed E-state index contributed by atoms with van der Waals surface area (Å²) in [7, 11) is 0. The van der Waals surface area contributed by atoms with Gasteiger partial charge >= 0.3 is 5.97 Å². The molecule has 1 amide bonds. The van der Waals surface area contributed by atoms with Gasteiger partial charge in [0.2, 0.25) is 5.91 Å². The Hall–Kier alpha value is -2.14. The van der Waals surface area contributed by atoms with Crippen LogP contribution in [0, 0.1) is 17.3 Å². The molecule has 1 aliphatic carbocycles. The quantitative estimate of drug-likeness (QED) is 0.403. The van der Waals surface area contributed by atoms with Crippen molar-refractivity contribution < 1.29 is 14.3 Å². The van der Waals surface area contributed by atoms with E-state index in [1.807, 2.05) is 5.38 Å². The Bertz CT molecular complexity index is 931. The third-order valence-electron chi connectivity index (χ3n) is 6.91. The van der Waals surface area contributed by atoms with E-state index in [2.05, 4.69) is 57.3 Å². The first kappa shape index (κ1) is 25.5. The van der Waals surface area contributed by atoms with Crippen molar-refractivity contribution in [1.29, 1.82) is 0 Å². The summed E-state index contributed by atoms with van der Waals surface area (Å²) >= 11 is 1.41. The molecular formula is C28H39NO3S. The van der Waals surface area contributed by atoms with E-state index in [9.17, 15) is 9.59 Å². The van der Waals surface area contributed by atoms with Crippen molar-refractivity contribution in [2.45, 2.75) is 79.6 Å². The Kier molecular flexibility index (Phi) is 8.75. The fourth-order valence-electron chi connectivity index (χ4n) is 4.74. The number of amides is 1. The van der Waals surface area contributed by atoms with Crippen LogP contribution >= 0.6 is 11.3 Å². The van der Waals surface area contributed by atoms with Crippen LogP contribution in [0.3, 0.4) is 0 Å². The minimum Gasteiger partial charge on any atom is -0.462 e. The first-order chi connectivity index (χ1) is 15.7. The Morgan fingerprint density at radius 2 is 1.73 bits per heavy atom. The summed E-state index contributed by atoms with van der Waals surface area (Å²) in [6.07, 6.45) is 7.35. The number of benzene rings is 1. The predicted octanol–water partition coefficient (Wildman–Crippen LogP) is 7.73. The van der Waals surface area contributed by atoms with Crippen LogP contribution < -0.4 is 5.32 Å². The van der Waals surface area contributed by atoms with Crippen LogP contribution in [0.2, 0.25) is 0 Å². The first-order valence-electron chi connectivity index (χ1n) is 12.4. The lowest BCUT2D eigenvalue weighted by Crippen LogP contribution is -2.31. The summed E-state index contributed by atoms with van der Waals surface area (Å²) in [5.74, 6) is 0.305. The van der Waals surface area contributed by atoms with E-state index in [1.54, 1.807) is 6.92 Å². The second-order valence-corrected chi connectivity index (χ2v) is 11.2. The van der Waals surface area contributed by atoms with Gasteiger partial charge in [0.15, 0.2) is 0 Å². The zero-order chi connectivity index (χ0) is 24.0. The number of thiophene rings is 1. The van der Waals surface area contributed by atoms with Gasteiger partial charge in [0.1, 0.15) is 10.6 Å². The summed E-state index contributed by atoms with van der Waals surface area (Å²) in [5, 5.41) is 5.64. The second-order valence-electron chi connectivity index (χ2n) is 10.3. The zero-order valence-corrected chi connectivity index (χ0v) is 21.6. The van der Waals surface area contributed by atoms with E-state index in [0.717, 1.165) is 43.2 Å². The molecule has 1 saturated carbocycles. The molecule has 0 aliphatic heterocycles. The standard InChI is InChI=1S/C28H39NO3S/c1-6-8-9-19-10-12-20(13-11-19)23-18-33-26(24(23)27(31)32-7-2)29-25(30)21-14-16-22(17-15-21)28(3,4)5/h10-13,18,21-22H,6-9,14-17H2,1-5H3,(H,29,30). The van der Waals surface area contributed by atoms with Gasteiger partial charge in [-0.05, 0) is 67.9 Å². The van der Waals surface area contributed by atoms with Gasteiger partial charge in [-0.25, -0.2) is 4.79 Å². The molecule has 1 fully saturated rings. The molecule has 1 aromatic heterocycles. The van der Waals surface area contributed by atoms with Crippen LogP contribution in [0.15, 0.2) is 29.6 Å². The van der Waals surface area contributed by atoms with Gasteiger partial charge in [0.05, 0.1) is 6.61 Å². The zero-order valence-electron chi connectivity index (χ0n) is 20.8. The number of hydrogen-bond acceptors (Lipinski definition) is 4. The van der Waals surface area contributed by atoms with Gasteiger partial charge in [0.25, 0.3) is 0 Å². The minimum absolute atomic E-state index is 0.00189. The average molecular weight is 470 g/mol. The lowest BCUT2D eigenvalue weighted by atomic mass is 9.70. The van der Waals surface area contributed by atoms with E-state index >= 15 is 0 Å². The molecule has 0 radical (unpaired) electrons. The van der Waals surface area contributed by atoms with E-state index in [0.29, 0.717) is 23.1 Å². The number of carbonyl (C=O) groups excluding carboxylic acids is 2. The molecule has 1 aromatic carbocycles. The SMILES string of the molecule is CCCCc1ccc(-c2csc(NC(=O)C3CCC(C(C)(C)C)CC3)c2C(=O)OCC)cc1. The molecule has 0 bridgehead atoms. The average Bonchev–Trinajstić information content (AvgIpc) is 3.21. The maximum Gasteiger partial charge on any atom is 0.341 e. The number of unbranched alkanes of at least 4 members (excludes halogenated alkanes) is 1. The topological polar surface area (TPSA) is 55.4 Å². The molecule has 1 aliphatic rings. The van der Waals surface area contributed by atoms with Crippen LogP contribution in [0.5, 0.6) is 0 Å². The molecule has 5 heteroatoms. The number of hydrogen-bond donors (Lipinski definition) is 1. The normalized spacial score (nSPS) is 18.7. The highest BCUT2D eigenvalue weighted by molar-refractivity contribution is 7.15. The number of rotatable bonds is 8. The summed E-state index contributed by atoms with van der Waals surface area (Å²) in [6, 6.07) is 8.39. The van der Waals surface area contributed by atoms with Crippen molar-refractivity contribution >= 4 is 28.2 Å². The highest BCUT2D eigenvalue weighted by Crippen LogP contribution is 2.41. The smallest absolute Gasteiger partial charge is 0.341 e. The fraction of sp³-hybridized carbons (Fsp3) is 0.571. The molecule has 0 unspecified atom stereocenters. The lowest BCUT2D eigenvalue weighted by Gasteiger charge is -2.36. The summed E-state index contributed by atoms with van der Waals surface area (Å²) in [5.41, 5.74) is 3.86. The van der Waals surface area contributed by atoms with E-state index in [4.69, 9.17) is 4.74 Å². The van der Waals surface area contributed by atoms with Gasteiger partial charge in [-0.2, -0.15) is 0 Å². The van der Waals surface area contributed by atoms with Crippen LogP contribution in [-0.2, 0) is 16.0 Å². The highest BCUT2D eigenvalue weighted by atomic mass is 32.1. The van der Waals surface area contributed by atoms with Crippen LogP contribution in [0.4, 0.5) is 5.00 Å². The fourth-order valence-corrected chi connectivity index (χ4v) is 5.70. The minimum atomic E-state index is -0.379. The maximum absolute atomic E-state index is 13.1. The van der Waals surface area contributed by atoms with Gasteiger partial charge < -0.3 is 10.1 Å². The predicted molar refractivity (Wildman–Crippen MR) is 138 cm³/mol. The molecule has 0 spiro atoms. The molecule has 33 heavy (non-hydrogen) atoms. The molecule has 0 atom stereocenters. The number of carbonyl (C=O) groups is 2. The molecule has 4 nitrogen and oxygen atoms in total. The third-order valence-corrected chi connectivity index (χ3v) is 7.81. The number of anilines is 1. The number of ether oxygens (including phenoxy) is 1. The maximum atomic E-state index is 13.1. The van der Waals surface area contributed by atoms with Crippen LogP contribution in [0.1, 0.15) is 89.1 Å². The molecule has 1 heterocycles. The van der Waals surface area contributed by atoms with Crippen LogP contribution in [0.25, 0.3) is 11.1 Å². The first-order valence-corrected chi connectivity index (χ1v) is 13.3. The van der Waals surface area contributed by atoms with Gasteiger partial charge in [0, 0.05) is 16.9 Å². The third kappa shape index (κ3) is 6.47. The Morgan fingerprint density at radius 3 is 2.30 bits per heavy atom. The van der Waals surface area contributed by atoms with E-state index in [-0.39, 0.29) is 23.2 Å². The van der Waals surface area contributed by atoms with Crippen molar-refractivity contribution in [2.24, 2.45) is 17.3 Å². The summed E-state index contributed by atoms with van der Waals surface area (Å²) in [4.78, 5) is 26.0. The van der Waals surface area contributed by atoms with Crippen molar-refractivity contribution in [3.8, 4) is 11.1 Å². The van der Waals surface area contributed by atoms with E-state index < -0.39 is 0 Å². The Balaban J connectivity index is 1.78. The number of esters is 1. The molecule has 3 rings (SSSR count). The van der Waals surface area contributed by atoms with Crippen molar-refractivity contribution in [2.75, 3.05) is 11.9 Å². The Labute approximate surface area is 203 Å². The second kappa shape index (κ2) is 11.3. The van der Waals surface area contributed by atoms with Gasteiger partial charge in [-0.3, -0.25) is 4.79 Å². The molecule has 180 valence electrons. The van der Waals surface area contributed by atoms with E-state index in [1.165, 1.54) is 29.7 Å². The monoisotopic (exact) mass is 469 g/mol. The molecular weight excluding hydrogens is 430 g/mol. The summed E-state index contributed by atoms with van der Waals surface area (Å²) < 4.78 is 5.36. The lowest BCUT2D eigenvalue weighted by molar-refractivity contribution is -0.121. The number of nitrogens with one attached hydrogen (secondary N) is 1. The van der Waals surface area contributed by atoms with Crippen molar-refractivity contribution in [1.82, 2.24) is 0 Å². The van der Waals surface area contributed by atoms with Gasteiger partial charge in [-0.15, -0.1) is 11.3 Å². The summed E-state index contributed by atoms with van der Waals surface area (Å²) in [6.45, 7) is 11.2. The highest BCUT2D eigenvalue weighted by Gasteiger charge is 2.33.